The Morgan fingerprint density at radius 1 is 0.407 bits per heavy atom. The molecule has 0 saturated carbocycles. The minimum atomic E-state index is -0.368. The van der Waals surface area contributed by atoms with Gasteiger partial charge in [-0.15, -0.1) is 0 Å². The van der Waals surface area contributed by atoms with Crippen molar-refractivity contribution in [1.82, 2.24) is 24.9 Å². The van der Waals surface area contributed by atoms with Crippen molar-refractivity contribution in [1.29, 1.82) is 5.26 Å². The highest BCUT2D eigenvalue weighted by Crippen LogP contribution is 2.51. The first kappa shape index (κ1) is 35.5. The third-order valence-electron chi connectivity index (χ3n) is 11.3. The number of hydrogen-bond donors (Lipinski definition) is 0. The Labute approximate surface area is 343 Å². The van der Waals surface area contributed by atoms with Gasteiger partial charge >= 0.3 is 0 Å². The maximum absolute atomic E-state index is 10.1. The molecule has 0 fully saturated rings. The summed E-state index contributed by atoms with van der Waals surface area (Å²) in [5, 5.41) is 10.1. The Kier molecular flexibility index (Phi) is 8.77. The van der Waals surface area contributed by atoms with Crippen molar-refractivity contribution in [3.05, 3.63) is 199 Å². The third-order valence-corrected chi connectivity index (χ3v) is 11.3. The van der Waals surface area contributed by atoms with Crippen LogP contribution in [0.5, 0.6) is 0 Å². The van der Waals surface area contributed by atoms with Crippen LogP contribution in [0.2, 0.25) is 0 Å². The lowest BCUT2D eigenvalue weighted by Gasteiger charge is -2.23. The molecule has 0 radical (unpaired) electrons. The van der Waals surface area contributed by atoms with E-state index in [1.165, 1.54) is 5.56 Å². The van der Waals surface area contributed by atoms with E-state index in [4.69, 9.17) is 15.0 Å². The molecule has 0 atom stereocenters. The summed E-state index contributed by atoms with van der Waals surface area (Å²) in [4.78, 5) is 24.2. The molecule has 0 spiro atoms. The van der Waals surface area contributed by atoms with Gasteiger partial charge in [-0.1, -0.05) is 111 Å². The molecule has 1 aliphatic rings. The van der Waals surface area contributed by atoms with Crippen LogP contribution in [0.15, 0.2) is 183 Å². The first-order valence-corrected chi connectivity index (χ1v) is 19.6. The molecule has 6 heteroatoms. The Morgan fingerprint density at radius 3 is 1.39 bits per heavy atom. The van der Waals surface area contributed by atoms with Gasteiger partial charge in [0.05, 0.1) is 11.6 Å². The van der Waals surface area contributed by atoms with E-state index in [0.717, 1.165) is 77.9 Å². The van der Waals surface area contributed by atoms with Gasteiger partial charge in [0, 0.05) is 58.0 Å². The average Bonchev–Trinajstić information content (AvgIpc) is 3.55. The number of benzene rings is 6. The van der Waals surface area contributed by atoms with E-state index >= 15 is 0 Å². The van der Waals surface area contributed by atoms with Gasteiger partial charge in [-0.25, -0.2) is 15.0 Å². The summed E-state index contributed by atoms with van der Waals surface area (Å²) in [6, 6.07) is 56.7. The lowest BCUT2D eigenvalue weighted by atomic mass is 9.79. The van der Waals surface area contributed by atoms with Gasteiger partial charge in [-0.3, -0.25) is 9.97 Å². The SMILES string of the molecule is CC1(C)c2cc(-c3cc(-c4cc(-c5cccnc5)cc(-c5cccnc5)c4)cc(-c4nc(-c5ccccc5)nc(-c5ccccc5)n4)c3)ccc2-c2cccc(C#N)c21. The molecule has 0 aliphatic heterocycles. The van der Waals surface area contributed by atoms with Crippen molar-refractivity contribution in [3.8, 4) is 95.9 Å². The van der Waals surface area contributed by atoms with Gasteiger partial charge < -0.3 is 0 Å². The van der Waals surface area contributed by atoms with Crippen LogP contribution in [-0.4, -0.2) is 24.9 Å². The summed E-state index contributed by atoms with van der Waals surface area (Å²) in [7, 11) is 0. The number of nitriles is 1. The average molecular weight is 757 g/mol. The Hall–Kier alpha value is -7.88. The monoisotopic (exact) mass is 756 g/mol. The number of fused-ring (bicyclic) bond motifs is 3. The summed E-state index contributed by atoms with van der Waals surface area (Å²) in [6.45, 7) is 4.43. The molecule has 6 nitrogen and oxygen atoms in total. The molecule has 59 heavy (non-hydrogen) atoms. The van der Waals surface area contributed by atoms with Crippen LogP contribution < -0.4 is 0 Å². The van der Waals surface area contributed by atoms with Crippen molar-refractivity contribution < 1.29 is 0 Å². The van der Waals surface area contributed by atoms with Crippen molar-refractivity contribution in [2.75, 3.05) is 0 Å². The van der Waals surface area contributed by atoms with E-state index in [9.17, 15) is 5.26 Å². The molecule has 9 aromatic rings. The number of nitrogens with zero attached hydrogens (tertiary/aromatic N) is 6. The molecule has 0 N–H and O–H groups in total. The van der Waals surface area contributed by atoms with Crippen molar-refractivity contribution in [3.63, 3.8) is 0 Å². The van der Waals surface area contributed by atoms with Crippen LogP contribution in [0.3, 0.4) is 0 Å². The molecule has 1 aliphatic carbocycles. The van der Waals surface area contributed by atoms with E-state index in [-0.39, 0.29) is 5.41 Å². The summed E-state index contributed by atoms with van der Waals surface area (Å²) in [6.07, 6.45) is 7.39. The largest absolute Gasteiger partial charge is 0.264 e. The van der Waals surface area contributed by atoms with Crippen molar-refractivity contribution in [2.45, 2.75) is 19.3 Å². The first-order valence-electron chi connectivity index (χ1n) is 19.6. The Balaban J connectivity index is 1.22. The molecule has 6 aromatic carbocycles. The topological polar surface area (TPSA) is 88.2 Å². The van der Waals surface area contributed by atoms with E-state index in [2.05, 4.69) is 103 Å². The second-order valence-corrected chi connectivity index (χ2v) is 15.3. The molecule has 0 bridgehead atoms. The predicted molar refractivity (Wildman–Crippen MR) is 236 cm³/mol. The molecule has 10 rings (SSSR count). The quantitative estimate of drug-likeness (QED) is 0.161. The summed E-state index contributed by atoms with van der Waals surface area (Å²) in [5.74, 6) is 1.78. The van der Waals surface area contributed by atoms with E-state index in [0.29, 0.717) is 23.0 Å². The number of rotatable bonds is 7. The van der Waals surface area contributed by atoms with Gasteiger partial charge in [0.1, 0.15) is 0 Å². The van der Waals surface area contributed by atoms with Crippen LogP contribution in [0, 0.1) is 11.3 Å². The molecule has 278 valence electrons. The van der Waals surface area contributed by atoms with Crippen LogP contribution in [0.4, 0.5) is 0 Å². The third kappa shape index (κ3) is 6.55. The van der Waals surface area contributed by atoms with Crippen LogP contribution in [0.1, 0.15) is 30.5 Å². The molecule has 3 heterocycles. The summed E-state index contributed by atoms with van der Waals surface area (Å²) < 4.78 is 0. The Bertz CT molecular complexity index is 2800. The lowest BCUT2D eigenvalue weighted by Crippen LogP contribution is -2.16. The second-order valence-electron chi connectivity index (χ2n) is 15.3. The van der Waals surface area contributed by atoms with Gasteiger partial charge in [-0.05, 0) is 116 Å². The lowest BCUT2D eigenvalue weighted by molar-refractivity contribution is 0.658. The maximum atomic E-state index is 10.1. The minimum absolute atomic E-state index is 0.368. The van der Waals surface area contributed by atoms with Gasteiger partial charge in [0.25, 0.3) is 0 Å². The molecular formula is C53H36N6. The summed E-state index contributed by atoms with van der Waals surface area (Å²) >= 11 is 0. The van der Waals surface area contributed by atoms with E-state index in [1.54, 1.807) is 12.4 Å². The molecule has 0 unspecified atom stereocenters. The zero-order valence-electron chi connectivity index (χ0n) is 32.5. The normalized spacial score (nSPS) is 12.4. The number of pyridine rings is 2. The summed E-state index contributed by atoms with van der Waals surface area (Å²) in [5.41, 5.74) is 15.8. The highest BCUT2D eigenvalue weighted by atomic mass is 15.0. The molecule has 0 saturated heterocycles. The zero-order chi connectivity index (χ0) is 39.9. The van der Waals surface area contributed by atoms with Crippen molar-refractivity contribution in [2.24, 2.45) is 0 Å². The van der Waals surface area contributed by atoms with Crippen molar-refractivity contribution >= 4 is 0 Å². The molecular weight excluding hydrogens is 721 g/mol. The predicted octanol–water partition coefficient (Wildman–Crippen LogP) is 12.5. The van der Waals surface area contributed by atoms with Crippen LogP contribution in [0.25, 0.3) is 89.8 Å². The number of hydrogen-bond acceptors (Lipinski definition) is 6. The fourth-order valence-corrected chi connectivity index (χ4v) is 8.38. The minimum Gasteiger partial charge on any atom is -0.264 e. The molecule has 3 aromatic heterocycles. The van der Waals surface area contributed by atoms with Crippen LogP contribution in [-0.2, 0) is 5.41 Å². The fourth-order valence-electron chi connectivity index (χ4n) is 8.38. The highest BCUT2D eigenvalue weighted by molar-refractivity contribution is 5.88. The first-order chi connectivity index (χ1) is 28.9. The maximum Gasteiger partial charge on any atom is 0.164 e. The van der Waals surface area contributed by atoms with Gasteiger partial charge in [0.2, 0.25) is 0 Å². The smallest absolute Gasteiger partial charge is 0.164 e. The zero-order valence-corrected chi connectivity index (χ0v) is 32.5. The highest BCUT2D eigenvalue weighted by Gasteiger charge is 2.37. The number of aromatic nitrogens is 5. The Morgan fingerprint density at radius 2 is 0.881 bits per heavy atom. The molecule has 0 amide bonds. The van der Waals surface area contributed by atoms with E-state index in [1.807, 2.05) is 97.3 Å². The van der Waals surface area contributed by atoms with Gasteiger partial charge in [0.15, 0.2) is 17.5 Å². The van der Waals surface area contributed by atoms with E-state index < -0.39 is 0 Å². The standard InChI is InChI=1S/C53H36N6/c1-53(2)48-30-36(20-21-46(48)47-19-9-16-37(31-54)49(47)53)40-24-44(43-26-41(38-17-10-22-55-32-38)25-42(27-43)39-18-11-23-56-33-39)29-45(28-40)52-58-50(34-12-5-3-6-13-34)57-51(59-52)35-14-7-4-8-15-35/h3-30,32-33H,1-2H3. The second kappa shape index (κ2) is 14.6. The van der Waals surface area contributed by atoms with Gasteiger partial charge in [-0.2, -0.15) is 5.26 Å². The fraction of sp³-hybridized carbons (Fsp3) is 0.0566. The van der Waals surface area contributed by atoms with Crippen LogP contribution >= 0.6 is 0 Å².